The topological polar surface area (TPSA) is 116 Å². The van der Waals surface area contributed by atoms with Crippen molar-refractivity contribution >= 4 is 27.8 Å². The number of fused-ring (bicyclic) bond motifs is 1. The Kier molecular flexibility index (Phi) is 6.73. The summed E-state index contributed by atoms with van der Waals surface area (Å²) in [6.07, 6.45) is 2.08. The van der Waals surface area contributed by atoms with Gasteiger partial charge in [0.1, 0.15) is 6.04 Å². The Morgan fingerprint density at radius 1 is 1.13 bits per heavy atom. The van der Waals surface area contributed by atoms with E-state index >= 15 is 0 Å². The van der Waals surface area contributed by atoms with Crippen LogP contribution in [-0.4, -0.2) is 42.8 Å². The van der Waals surface area contributed by atoms with E-state index in [4.69, 9.17) is 4.55 Å². The summed E-state index contributed by atoms with van der Waals surface area (Å²) in [7, 11) is -2.86. The summed E-state index contributed by atoms with van der Waals surface area (Å²) < 4.78 is 33.2. The molecule has 0 radical (unpaired) electrons. The number of carbonyl (C=O) groups excluding carboxylic acids is 2. The van der Waals surface area contributed by atoms with Crippen molar-refractivity contribution in [2.45, 2.75) is 38.3 Å². The number of hydrogen-bond acceptors (Lipinski definition) is 4. The maximum atomic E-state index is 12.9. The van der Waals surface area contributed by atoms with Crippen LogP contribution in [-0.2, 0) is 39.3 Å². The molecule has 9 heteroatoms. The second kappa shape index (κ2) is 9.27. The van der Waals surface area contributed by atoms with Crippen molar-refractivity contribution < 1.29 is 22.6 Å². The average Bonchev–Trinajstić information content (AvgIpc) is 2.71. The molecule has 1 unspecified atom stereocenters. The molecule has 0 fully saturated rings. The van der Waals surface area contributed by atoms with E-state index in [9.17, 15) is 18.0 Å². The monoisotopic (exact) mass is 431 g/mol. The van der Waals surface area contributed by atoms with Crippen molar-refractivity contribution in [3.8, 4) is 0 Å². The molecule has 0 spiro atoms. The number of anilines is 1. The van der Waals surface area contributed by atoms with Crippen LogP contribution in [0.4, 0.5) is 5.69 Å². The molecule has 2 aromatic carbocycles. The zero-order valence-electron chi connectivity index (χ0n) is 16.7. The predicted octanol–water partition coefficient (Wildman–Crippen LogP) is 1.92. The Balaban J connectivity index is 1.75. The fourth-order valence-electron chi connectivity index (χ4n) is 3.69. The van der Waals surface area contributed by atoms with Crippen LogP contribution in [0, 0.1) is 0 Å². The molecule has 0 bridgehead atoms. The Morgan fingerprint density at radius 2 is 1.87 bits per heavy atom. The highest BCUT2D eigenvalue weighted by molar-refractivity contribution is 7.87. The number of carbonyl (C=O) groups is 2. The lowest BCUT2D eigenvalue weighted by Crippen LogP contribution is -2.51. The summed E-state index contributed by atoms with van der Waals surface area (Å²) in [5.74, 6) is -0.365. The Labute approximate surface area is 176 Å². The molecule has 2 amide bonds. The standard InChI is InChI=1S/C21H25N3O5S/c1-22-21(26)19-13-16-10-11-18(23-30(27,28)29)12-17(16)14-24(19)20(25)9-5-8-15-6-3-2-4-7-15/h2-4,6-7,10-12,19,23H,5,8-9,13-14H2,1H3,(H,22,26)(H,27,28,29). The van der Waals surface area contributed by atoms with Gasteiger partial charge >= 0.3 is 10.3 Å². The van der Waals surface area contributed by atoms with Gasteiger partial charge in [-0.15, -0.1) is 0 Å². The first-order valence-corrected chi connectivity index (χ1v) is 11.1. The average molecular weight is 432 g/mol. The second-order valence-electron chi connectivity index (χ2n) is 7.26. The van der Waals surface area contributed by atoms with Gasteiger partial charge in [-0.25, -0.2) is 0 Å². The number of rotatable bonds is 7. The quantitative estimate of drug-likeness (QED) is 0.580. The minimum absolute atomic E-state index is 0.127. The normalized spacial score (nSPS) is 15.9. The molecule has 3 rings (SSSR count). The van der Waals surface area contributed by atoms with Crippen LogP contribution in [0.3, 0.4) is 0 Å². The molecule has 0 aliphatic carbocycles. The molecule has 1 atom stereocenters. The van der Waals surface area contributed by atoms with Gasteiger partial charge < -0.3 is 10.2 Å². The fraction of sp³-hybridized carbons (Fsp3) is 0.333. The molecule has 3 N–H and O–H groups in total. The highest BCUT2D eigenvalue weighted by atomic mass is 32.2. The van der Waals surface area contributed by atoms with E-state index in [2.05, 4.69) is 5.32 Å². The Bertz CT molecular complexity index is 1020. The molecule has 0 aromatic heterocycles. The van der Waals surface area contributed by atoms with Crippen molar-refractivity contribution in [2.75, 3.05) is 11.8 Å². The van der Waals surface area contributed by atoms with Crippen molar-refractivity contribution in [2.24, 2.45) is 0 Å². The lowest BCUT2D eigenvalue weighted by Gasteiger charge is -2.36. The summed E-state index contributed by atoms with van der Waals surface area (Å²) in [6, 6.07) is 14.1. The number of amides is 2. The first kappa shape index (κ1) is 21.8. The zero-order chi connectivity index (χ0) is 21.7. The summed E-state index contributed by atoms with van der Waals surface area (Å²) in [5, 5.41) is 2.62. The fourth-order valence-corrected chi connectivity index (χ4v) is 4.12. The Morgan fingerprint density at radius 3 is 2.53 bits per heavy atom. The SMILES string of the molecule is CNC(=O)C1Cc2ccc(NS(=O)(=O)O)cc2CN1C(=O)CCCc1ccccc1. The maximum absolute atomic E-state index is 12.9. The van der Waals surface area contributed by atoms with Crippen molar-refractivity contribution in [3.63, 3.8) is 0 Å². The number of benzene rings is 2. The molecule has 30 heavy (non-hydrogen) atoms. The molecular weight excluding hydrogens is 406 g/mol. The van der Waals surface area contributed by atoms with E-state index in [1.54, 1.807) is 17.0 Å². The van der Waals surface area contributed by atoms with Crippen LogP contribution in [0.5, 0.6) is 0 Å². The van der Waals surface area contributed by atoms with Crippen LogP contribution >= 0.6 is 0 Å². The van der Waals surface area contributed by atoms with Gasteiger partial charge in [0, 0.05) is 26.4 Å². The minimum Gasteiger partial charge on any atom is -0.357 e. The van der Waals surface area contributed by atoms with E-state index in [0.29, 0.717) is 19.3 Å². The molecule has 1 heterocycles. The maximum Gasteiger partial charge on any atom is 0.357 e. The van der Waals surface area contributed by atoms with E-state index < -0.39 is 16.3 Å². The van der Waals surface area contributed by atoms with Gasteiger partial charge in [-0.2, -0.15) is 8.42 Å². The number of nitrogens with zero attached hydrogens (tertiary/aromatic N) is 1. The summed E-state index contributed by atoms with van der Waals surface area (Å²) in [4.78, 5) is 26.9. The van der Waals surface area contributed by atoms with Crippen LogP contribution in [0.2, 0.25) is 0 Å². The third kappa shape index (κ3) is 5.58. The van der Waals surface area contributed by atoms with Gasteiger partial charge in [0.2, 0.25) is 11.8 Å². The highest BCUT2D eigenvalue weighted by Gasteiger charge is 2.34. The predicted molar refractivity (Wildman–Crippen MR) is 113 cm³/mol. The second-order valence-corrected chi connectivity index (χ2v) is 8.41. The largest absolute Gasteiger partial charge is 0.357 e. The van der Waals surface area contributed by atoms with Crippen molar-refractivity contribution in [1.29, 1.82) is 0 Å². The first-order valence-electron chi connectivity index (χ1n) is 9.69. The Hall–Kier alpha value is -2.91. The molecule has 1 aliphatic rings. The van der Waals surface area contributed by atoms with Crippen molar-refractivity contribution in [3.05, 3.63) is 65.2 Å². The van der Waals surface area contributed by atoms with Gasteiger partial charge in [-0.05, 0) is 41.7 Å². The van der Waals surface area contributed by atoms with Crippen LogP contribution < -0.4 is 10.0 Å². The lowest BCUT2D eigenvalue weighted by molar-refractivity contribution is -0.141. The third-order valence-electron chi connectivity index (χ3n) is 5.15. The molecule has 8 nitrogen and oxygen atoms in total. The summed E-state index contributed by atoms with van der Waals surface area (Å²) in [6.45, 7) is 0.193. The van der Waals surface area contributed by atoms with Gasteiger partial charge in [0.05, 0.1) is 5.69 Å². The van der Waals surface area contributed by atoms with Crippen LogP contribution in [0.15, 0.2) is 48.5 Å². The first-order chi connectivity index (χ1) is 14.3. The third-order valence-corrected chi connectivity index (χ3v) is 5.65. The van der Waals surface area contributed by atoms with Gasteiger partial charge in [-0.3, -0.25) is 18.9 Å². The molecule has 1 aliphatic heterocycles. The van der Waals surface area contributed by atoms with E-state index in [0.717, 1.165) is 23.1 Å². The van der Waals surface area contributed by atoms with Crippen molar-refractivity contribution in [1.82, 2.24) is 10.2 Å². The molecule has 160 valence electrons. The van der Waals surface area contributed by atoms with E-state index in [1.165, 1.54) is 13.1 Å². The van der Waals surface area contributed by atoms with Gasteiger partial charge in [-0.1, -0.05) is 36.4 Å². The van der Waals surface area contributed by atoms with E-state index in [-0.39, 0.29) is 24.0 Å². The van der Waals surface area contributed by atoms with E-state index in [1.807, 2.05) is 35.1 Å². The number of aryl methyl sites for hydroxylation is 1. The summed E-state index contributed by atoms with van der Waals surface area (Å²) in [5.41, 5.74) is 2.95. The number of likely N-dealkylation sites (N-methyl/N-ethyl adjacent to an activating group) is 1. The molecule has 0 saturated heterocycles. The van der Waals surface area contributed by atoms with Gasteiger partial charge in [0.25, 0.3) is 0 Å². The van der Waals surface area contributed by atoms with Gasteiger partial charge in [0.15, 0.2) is 0 Å². The number of nitrogens with one attached hydrogen (secondary N) is 2. The smallest absolute Gasteiger partial charge is 0.357 e. The lowest BCUT2D eigenvalue weighted by atomic mass is 9.92. The van der Waals surface area contributed by atoms with Crippen LogP contribution in [0.1, 0.15) is 29.5 Å². The molecule has 2 aromatic rings. The number of hydrogen-bond donors (Lipinski definition) is 3. The zero-order valence-corrected chi connectivity index (χ0v) is 17.5. The minimum atomic E-state index is -4.39. The molecular formula is C21H25N3O5S. The van der Waals surface area contributed by atoms with Crippen LogP contribution in [0.25, 0.3) is 0 Å². The molecule has 0 saturated carbocycles. The highest BCUT2D eigenvalue weighted by Crippen LogP contribution is 2.27. The summed E-state index contributed by atoms with van der Waals surface area (Å²) >= 11 is 0.